The average molecular weight is 524 g/mol. The van der Waals surface area contributed by atoms with E-state index in [1.165, 1.54) is 24.3 Å². The fraction of sp³-hybridized carbons (Fsp3) is 0.259. The molecule has 3 aromatic carbocycles. The molecule has 0 spiro atoms. The van der Waals surface area contributed by atoms with E-state index in [-0.39, 0.29) is 23.6 Å². The van der Waals surface area contributed by atoms with Crippen molar-refractivity contribution in [3.63, 3.8) is 0 Å². The van der Waals surface area contributed by atoms with Crippen molar-refractivity contribution in [3.05, 3.63) is 83.4 Å². The van der Waals surface area contributed by atoms with E-state index >= 15 is 0 Å². The Kier molecular flexibility index (Phi) is 8.68. The number of ether oxygens (including phenoxy) is 1. The first-order valence-corrected chi connectivity index (χ1v) is 13.0. The van der Waals surface area contributed by atoms with Crippen LogP contribution < -0.4 is 15.2 Å². The van der Waals surface area contributed by atoms with Crippen LogP contribution >= 0.6 is 0 Å². The van der Waals surface area contributed by atoms with Crippen LogP contribution in [-0.4, -0.2) is 49.4 Å². The zero-order valence-corrected chi connectivity index (χ0v) is 21.3. The molecule has 0 radical (unpaired) electrons. The van der Waals surface area contributed by atoms with Gasteiger partial charge >= 0.3 is 5.97 Å². The average Bonchev–Trinajstić information content (AvgIpc) is 2.85. The topological polar surface area (TPSA) is 163 Å². The summed E-state index contributed by atoms with van der Waals surface area (Å²) in [7, 11) is -3.75. The van der Waals surface area contributed by atoms with Gasteiger partial charge in [0.1, 0.15) is 24.5 Å². The second-order valence-corrected chi connectivity index (χ2v) is 10.9. The van der Waals surface area contributed by atoms with Crippen molar-refractivity contribution in [1.82, 2.24) is 5.32 Å². The molecule has 0 unspecified atom stereocenters. The van der Waals surface area contributed by atoms with Gasteiger partial charge in [0.25, 0.3) is 0 Å². The Morgan fingerprint density at radius 1 is 1.08 bits per heavy atom. The minimum absolute atomic E-state index is 0.0488. The maximum absolute atomic E-state index is 11.4. The Morgan fingerprint density at radius 3 is 2.27 bits per heavy atom. The monoisotopic (exact) mass is 523 g/mol. The quantitative estimate of drug-likeness (QED) is 0.298. The Balaban J connectivity index is 1.59. The molecule has 0 fully saturated rings. The molecule has 37 heavy (non-hydrogen) atoms. The molecule has 0 aliphatic rings. The molecule has 0 aliphatic heterocycles. The molecule has 194 valence electrons. The molecular weight excluding hydrogens is 494 g/mol. The number of aliphatic hydroxyl groups excluding tert-OH is 1. The molecule has 0 bridgehead atoms. The molecule has 10 heteroatoms. The normalized spacial score (nSPS) is 12.5. The number of nitrogens with one attached hydrogen (secondary N) is 1. The van der Waals surface area contributed by atoms with Gasteiger partial charge in [-0.15, -0.1) is 0 Å². The predicted molar refractivity (Wildman–Crippen MR) is 139 cm³/mol. The lowest BCUT2D eigenvalue weighted by atomic mass is 9.95. The zero-order valence-electron chi connectivity index (χ0n) is 20.5. The Bertz CT molecular complexity index is 1400. The fourth-order valence-electron chi connectivity index (χ4n) is 3.73. The second kappa shape index (κ2) is 11.5. The number of nitriles is 1. The first-order chi connectivity index (χ1) is 17.4. The number of nitrogens with two attached hydrogens (primary N) is 1. The third-order valence-corrected chi connectivity index (χ3v) is 6.64. The van der Waals surface area contributed by atoms with Gasteiger partial charge in [0.15, 0.2) is 0 Å². The van der Waals surface area contributed by atoms with Gasteiger partial charge in [-0.05, 0) is 73.4 Å². The van der Waals surface area contributed by atoms with E-state index in [0.29, 0.717) is 17.7 Å². The zero-order chi connectivity index (χ0) is 27.2. The summed E-state index contributed by atoms with van der Waals surface area (Å²) in [6.45, 7) is 4.09. The largest absolute Gasteiger partial charge is 0.489 e. The summed E-state index contributed by atoms with van der Waals surface area (Å²) in [5.41, 5.74) is 2.49. The van der Waals surface area contributed by atoms with Crippen molar-refractivity contribution in [1.29, 1.82) is 5.26 Å². The van der Waals surface area contributed by atoms with Crippen LogP contribution in [0.2, 0.25) is 0 Å². The van der Waals surface area contributed by atoms with Crippen molar-refractivity contribution in [2.24, 2.45) is 5.14 Å². The van der Waals surface area contributed by atoms with Crippen molar-refractivity contribution in [2.45, 2.75) is 36.8 Å². The maximum Gasteiger partial charge on any atom is 0.335 e. The molecule has 5 N–H and O–H groups in total. The lowest BCUT2D eigenvalue weighted by Gasteiger charge is -2.28. The predicted octanol–water partition coefficient (Wildman–Crippen LogP) is 2.92. The molecule has 0 saturated carbocycles. The summed E-state index contributed by atoms with van der Waals surface area (Å²) in [6.07, 6.45) is -0.290. The summed E-state index contributed by atoms with van der Waals surface area (Å²) in [4.78, 5) is 11.1. The number of carbonyl (C=O) groups is 1. The first kappa shape index (κ1) is 27.8. The highest BCUT2D eigenvalue weighted by Gasteiger charge is 2.20. The van der Waals surface area contributed by atoms with E-state index in [4.69, 9.17) is 15.0 Å². The number of aromatic carboxylic acids is 1. The Labute approximate surface area is 216 Å². The summed E-state index contributed by atoms with van der Waals surface area (Å²) < 4.78 is 28.6. The van der Waals surface area contributed by atoms with Gasteiger partial charge in [-0.3, -0.25) is 0 Å². The molecule has 0 aromatic heterocycles. The van der Waals surface area contributed by atoms with E-state index < -0.39 is 27.6 Å². The Morgan fingerprint density at radius 2 is 1.70 bits per heavy atom. The molecule has 9 nitrogen and oxygen atoms in total. The first-order valence-electron chi connectivity index (χ1n) is 11.4. The minimum atomic E-state index is -3.75. The molecule has 0 saturated heterocycles. The number of nitrogens with zero attached hydrogens (tertiary/aromatic N) is 1. The smallest absolute Gasteiger partial charge is 0.335 e. The molecule has 3 aromatic rings. The van der Waals surface area contributed by atoms with Crippen LogP contribution in [-0.2, 0) is 16.4 Å². The number of β-amino-alcohol motifs (C(OH)–C–C–N with tert-alkyl or cyclic N) is 1. The van der Waals surface area contributed by atoms with Crippen LogP contribution in [0.4, 0.5) is 0 Å². The standard InChI is InChI=1S/C27H29N3O6S/c1-27(2,14-18-3-11-24(12-4-18)37(29,34)35)30-16-23(31)17-36-25-13-21(9-10-22(25)15-28)19-5-7-20(8-6-19)26(32)33/h3-13,23,30-31H,14,16-17H2,1-2H3,(H,32,33)(H2,29,34,35)/t23-/m1/s1. The van der Waals surface area contributed by atoms with Gasteiger partial charge in [-0.1, -0.05) is 30.3 Å². The van der Waals surface area contributed by atoms with Crippen molar-refractivity contribution < 1.29 is 28.2 Å². The van der Waals surface area contributed by atoms with E-state index in [2.05, 4.69) is 11.4 Å². The fourth-order valence-corrected chi connectivity index (χ4v) is 4.24. The van der Waals surface area contributed by atoms with Crippen LogP contribution in [0, 0.1) is 11.3 Å². The molecule has 0 amide bonds. The van der Waals surface area contributed by atoms with Crippen LogP contribution in [0.15, 0.2) is 71.6 Å². The number of carboxylic acid groups (broad SMARTS) is 1. The highest BCUT2D eigenvalue weighted by atomic mass is 32.2. The van der Waals surface area contributed by atoms with Crippen molar-refractivity contribution in [3.8, 4) is 22.9 Å². The molecule has 1 atom stereocenters. The lowest BCUT2D eigenvalue weighted by Crippen LogP contribution is -2.46. The second-order valence-electron chi connectivity index (χ2n) is 9.30. The highest BCUT2D eigenvalue weighted by molar-refractivity contribution is 7.89. The van der Waals surface area contributed by atoms with E-state index in [1.807, 2.05) is 13.8 Å². The van der Waals surface area contributed by atoms with Crippen LogP contribution in [0.3, 0.4) is 0 Å². The number of hydrogen-bond acceptors (Lipinski definition) is 7. The molecule has 3 rings (SSSR count). The van der Waals surface area contributed by atoms with Crippen molar-refractivity contribution in [2.75, 3.05) is 13.2 Å². The lowest BCUT2D eigenvalue weighted by molar-refractivity contribution is 0.0697. The van der Waals surface area contributed by atoms with E-state index in [9.17, 15) is 23.6 Å². The molecule has 0 aliphatic carbocycles. The Hall–Kier alpha value is -3.75. The van der Waals surface area contributed by atoms with Crippen molar-refractivity contribution >= 4 is 16.0 Å². The van der Waals surface area contributed by atoms with Gasteiger partial charge in [0.05, 0.1) is 16.0 Å². The summed E-state index contributed by atoms with van der Waals surface area (Å²) in [5, 5.41) is 37.4. The summed E-state index contributed by atoms with van der Waals surface area (Å²) >= 11 is 0. The van der Waals surface area contributed by atoms with E-state index in [1.54, 1.807) is 42.5 Å². The van der Waals surface area contributed by atoms with Crippen LogP contribution in [0.5, 0.6) is 5.75 Å². The van der Waals surface area contributed by atoms with Gasteiger partial charge in [0.2, 0.25) is 10.0 Å². The number of carboxylic acids is 1. The third-order valence-electron chi connectivity index (χ3n) is 5.71. The number of aliphatic hydroxyl groups is 1. The summed E-state index contributed by atoms with van der Waals surface area (Å²) in [6, 6.07) is 19.8. The molecule has 0 heterocycles. The number of primary sulfonamides is 1. The van der Waals surface area contributed by atoms with Gasteiger partial charge in [-0.2, -0.15) is 5.26 Å². The van der Waals surface area contributed by atoms with Gasteiger partial charge in [-0.25, -0.2) is 18.4 Å². The number of rotatable bonds is 11. The summed E-state index contributed by atoms with van der Waals surface area (Å²) in [5.74, 6) is -0.698. The van der Waals surface area contributed by atoms with Crippen LogP contribution in [0.1, 0.15) is 35.3 Å². The molecular formula is C27H29N3O6S. The van der Waals surface area contributed by atoms with Gasteiger partial charge in [0, 0.05) is 12.1 Å². The van der Waals surface area contributed by atoms with Gasteiger partial charge < -0.3 is 20.3 Å². The number of hydrogen-bond donors (Lipinski definition) is 4. The minimum Gasteiger partial charge on any atom is -0.489 e. The highest BCUT2D eigenvalue weighted by Crippen LogP contribution is 2.27. The third kappa shape index (κ3) is 7.87. The number of sulfonamides is 1. The SMILES string of the molecule is CC(C)(Cc1ccc(S(N)(=O)=O)cc1)NC[C@@H](O)COc1cc(-c2ccc(C(=O)O)cc2)ccc1C#N. The van der Waals surface area contributed by atoms with Crippen LogP contribution in [0.25, 0.3) is 11.1 Å². The maximum atomic E-state index is 11.4. The van der Waals surface area contributed by atoms with E-state index in [0.717, 1.165) is 16.7 Å². The number of benzene rings is 3.